The van der Waals surface area contributed by atoms with E-state index in [9.17, 15) is 9.90 Å². The molecule has 0 saturated heterocycles. The lowest BCUT2D eigenvalue weighted by molar-refractivity contribution is 0.0635. The number of alkyl halides is 1. The predicted molar refractivity (Wildman–Crippen MR) is 80.1 cm³/mol. The number of hydrogen-bond donors (Lipinski definition) is 2. The molecule has 0 saturated carbocycles. The van der Waals surface area contributed by atoms with Crippen LogP contribution in [0.3, 0.4) is 0 Å². The van der Waals surface area contributed by atoms with Gasteiger partial charge in [0.1, 0.15) is 11.4 Å². The normalized spacial score (nSPS) is 11.2. The minimum absolute atomic E-state index is 0.194. The van der Waals surface area contributed by atoms with Crippen molar-refractivity contribution < 1.29 is 14.6 Å². The zero-order valence-corrected chi connectivity index (χ0v) is 13.1. The van der Waals surface area contributed by atoms with Crippen LogP contribution in [0.4, 0.5) is 10.5 Å². The highest BCUT2D eigenvalue weighted by molar-refractivity contribution is 9.09. The molecule has 0 unspecified atom stereocenters. The minimum atomic E-state index is -0.531. The summed E-state index contributed by atoms with van der Waals surface area (Å²) in [5.74, 6) is 0.194. The van der Waals surface area contributed by atoms with E-state index in [1.54, 1.807) is 18.2 Å². The van der Waals surface area contributed by atoms with Gasteiger partial charge in [-0.25, -0.2) is 4.79 Å². The van der Waals surface area contributed by atoms with E-state index in [0.29, 0.717) is 5.69 Å². The van der Waals surface area contributed by atoms with Crippen LogP contribution in [0.5, 0.6) is 5.75 Å². The highest BCUT2D eigenvalue weighted by atomic mass is 79.9. The fourth-order valence-corrected chi connectivity index (χ4v) is 1.86. The van der Waals surface area contributed by atoms with Gasteiger partial charge in [-0.05, 0) is 57.4 Å². The van der Waals surface area contributed by atoms with Crippen LogP contribution in [0.25, 0.3) is 0 Å². The van der Waals surface area contributed by atoms with Gasteiger partial charge >= 0.3 is 6.09 Å². The quantitative estimate of drug-likeness (QED) is 0.646. The molecule has 0 aliphatic rings. The topological polar surface area (TPSA) is 58.6 Å². The van der Waals surface area contributed by atoms with Crippen molar-refractivity contribution in [3.8, 4) is 5.75 Å². The molecule has 106 valence electrons. The maximum absolute atomic E-state index is 11.7. The average Bonchev–Trinajstić information content (AvgIpc) is 2.27. The van der Waals surface area contributed by atoms with E-state index in [0.717, 1.165) is 23.7 Å². The van der Waals surface area contributed by atoms with Crippen molar-refractivity contribution in [3.05, 3.63) is 23.8 Å². The lowest BCUT2D eigenvalue weighted by atomic mass is 10.1. The number of hydrogen-bond acceptors (Lipinski definition) is 3. The summed E-state index contributed by atoms with van der Waals surface area (Å²) >= 11 is 3.37. The monoisotopic (exact) mass is 329 g/mol. The second-order valence-corrected chi connectivity index (χ2v) is 6.05. The molecule has 1 aromatic rings. The molecule has 0 bridgehead atoms. The number of phenolic OH excluding ortho intramolecular Hbond substituents is 1. The number of carbonyl (C=O) groups is 1. The van der Waals surface area contributed by atoms with Crippen molar-refractivity contribution >= 4 is 27.7 Å². The molecule has 0 fully saturated rings. The van der Waals surface area contributed by atoms with Crippen LogP contribution >= 0.6 is 15.9 Å². The van der Waals surface area contributed by atoms with Gasteiger partial charge < -0.3 is 9.84 Å². The van der Waals surface area contributed by atoms with Gasteiger partial charge in [0.25, 0.3) is 0 Å². The van der Waals surface area contributed by atoms with E-state index >= 15 is 0 Å². The first-order chi connectivity index (χ1) is 8.81. The molecule has 1 amide bonds. The Balaban J connectivity index is 2.79. The summed E-state index contributed by atoms with van der Waals surface area (Å²) < 4.78 is 5.21. The van der Waals surface area contributed by atoms with E-state index in [-0.39, 0.29) is 5.75 Å². The fourth-order valence-electron chi connectivity index (χ4n) is 1.58. The first kappa shape index (κ1) is 15.8. The Kier molecular flexibility index (Phi) is 5.66. The SMILES string of the molecule is CC(C)(C)OC(=O)Nc1ccc(O)cc1CCCBr. The molecule has 0 spiro atoms. The largest absolute Gasteiger partial charge is 0.508 e. The second-order valence-electron chi connectivity index (χ2n) is 5.26. The maximum atomic E-state index is 11.7. The number of carbonyl (C=O) groups excluding carboxylic acids is 1. The Morgan fingerprint density at radius 2 is 2.11 bits per heavy atom. The number of phenols is 1. The van der Waals surface area contributed by atoms with Gasteiger partial charge in [0.05, 0.1) is 0 Å². The molecule has 0 heterocycles. The van der Waals surface area contributed by atoms with Crippen molar-refractivity contribution in [1.29, 1.82) is 0 Å². The molecular weight excluding hydrogens is 310 g/mol. The zero-order chi connectivity index (χ0) is 14.5. The zero-order valence-electron chi connectivity index (χ0n) is 11.5. The lowest BCUT2D eigenvalue weighted by Crippen LogP contribution is -2.27. The molecule has 4 nitrogen and oxygen atoms in total. The highest BCUT2D eigenvalue weighted by Gasteiger charge is 2.17. The van der Waals surface area contributed by atoms with Crippen LogP contribution in [-0.4, -0.2) is 22.1 Å². The number of amides is 1. The van der Waals surface area contributed by atoms with Gasteiger partial charge in [0.15, 0.2) is 0 Å². The molecule has 2 N–H and O–H groups in total. The fraction of sp³-hybridized carbons (Fsp3) is 0.500. The number of aryl methyl sites for hydroxylation is 1. The first-order valence-electron chi connectivity index (χ1n) is 6.19. The van der Waals surface area contributed by atoms with Gasteiger partial charge in [-0.3, -0.25) is 5.32 Å². The number of nitrogens with one attached hydrogen (secondary N) is 1. The van der Waals surface area contributed by atoms with Gasteiger partial charge in [0, 0.05) is 11.0 Å². The molecule has 0 aliphatic heterocycles. The van der Waals surface area contributed by atoms with Crippen LogP contribution in [0.1, 0.15) is 32.8 Å². The smallest absolute Gasteiger partial charge is 0.412 e. The minimum Gasteiger partial charge on any atom is -0.508 e. The number of halogens is 1. The Morgan fingerprint density at radius 1 is 1.42 bits per heavy atom. The Labute approximate surface area is 122 Å². The third kappa shape index (κ3) is 5.96. The van der Waals surface area contributed by atoms with Crippen LogP contribution in [0, 0.1) is 0 Å². The van der Waals surface area contributed by atoms with Crippen molar-refractivity contribution in [3.63, 3.8) is 0 Å². The molecule has 0 radical (unpaired) electrons. The van der Waals surface area contributed by atoms with E-state index in [1.807, 2.05) is 20.8 Å². The number of benzene rings is 1. The first-order valence-corrected chi connectivity index (χ1v) is 7.32. The van der Waals surface area contributed by atoms with E-state index in [1.165, 1.54) is 0 Å². The lowest BCUT2D eigenvalue weighted by Gasteiger charge is -2.20. The number of ether oxygens (including phenoxy) is 1. The van der Waals surface area contributed by atoms with Crippen molar-refractivity contribution in [2.24, 2.45) is 0 Å². The summed E-state index contributed by atoms with van der Waals surface area (Å²) in [4.78, 5) is 11.7. The van der Waals surface area contributed by atoms with Gasteiger partial charge in [-0.15, -0.1) is 0 Å². The average molecular weight is 330 g/mol. The van der Waals surface area contributed by atoms with Crippen molar-refractivity contribution in [2.75, 3.05) is 10.6 Å². The molecule has 0 atom stereocenters. The highest BCUT2D eigenvalue weighted by Crippen LogP contribution is 2.23. The summed E-state index contributed by atoms with van der Waals surface area (Å²) in [6, 6.07) is 4.89. The summed E-state index contributed by atoms with van der Waals surface area (Å²) in [5, 5.41) is 13.1. The molecular formula is C14H20BrNO3. The summed E-state index contributed by atoms with van der Waals surface area (Å²) in [6.45, 7) is 5.44. The number of aromatic hydroxyl groups is 1. The Morgan fingerprint density at radius 3 is 2.68 bits per heavy atom. The third-order valence-electron chi connectivity index (χ3n) is 2.30. The predicted octanol–water partition coefficient (Wildman–Crippen LogP) is 4.07. The summed E-state index contributed by atoms with van der Waals surface area (Å²) in [5.41, 5.74) is 1.04. The van der Waals surface area contributed by atoms with Gasteiger partial charge in [-0.1, -0.05) is 15.9 Å². The molecule has 19 heavy (non-hydrogen) atoms. The Bertz CT molecular complexity index is 441. The number of anilines is 1. The van der Waals surface area contributed by atoms with Gasteiger partial charge in [-0.2, -0.15) is 0 Å². The van der Waals surface area contributed by atoms with E-state index in [2.05, 4.69) is 21.2 Å². The van der Waals surface area contributed by atoms with E-state index < -0.39 is 11.7 Å². The molecule has 0 aromatic heterocycles. The van der Waals surface area contributed by atoms with Crippen LogP contribution in [0.15, 0.2) is 18.2 Å². The van der Waals surface area contributed by atoms with Crippen LogP contribution in [0.2, 0.25) is 0 Å². The Hall–Kier alpha value is -1.23. The van der Waals surface area contributed by atoms with E-state index in [4.69, 9.17) is 4.74 Å². The summed E-state index contributed by atoms with van der Waals surface area (Å²) in [7, 11) is 0. The van der Waals surface area contributed by atoms with Gasteiger partial charge in [0.2, 0.25) is 0 Å². The molecule has 0 aliphatic carbocycles. The molecule has 1 aromatic carbocycles. The number of rotatable bonds is 4. The van der Waals surface area contributed by atoms with Crippen LogP contribution < -0.4 is 5.32 Å². The third-order valence-corrected chi connectivity index (χ3v) is 2.86. The second kappa shape index (κ2) is 6.80. The van der Waals surface area contributed by atoms with Crippen molar-refractivity contribution in [1.82, 2.24) is 0 Å². The maximum Gasteiger partial charge on any atom is 0.412 e. The summed E-state index contributed by atoms with van der Waals surface area (Å²) in [6.07, 6.45) is 1.20. The molecule has 5 heteroatoms. The standard InChI is InChI=1S/C14H20BrNO3/c1-14(2,3)19-13(18)16-12-7-6-11(17)9-10(12)5-4-8-15/h6-7,9,17H,4-5,8H2,1-3H3,(H,16,18). The molecule has 1 rings (SSSR count). The van der Waals surface area contributed by atoms with Crippen LogP contribution in [-0.2, 0) is 11.2 Å². The van der Waals surface area contributed by atoms with Crippen molar-refractivity contribution in [2.45, 2.75) is 39.2 Å².